The van der Waals surface area contributed by atoms with E-state index < -0.39 is 0 Å². The summed E-state index contributed by atoms with van der Waals surface area (Å²) in [4.78, 5) is 2.55. The highest BCUT2D eigenvalue weighted by atomic mass is 16.5. The predicted octanol–water partition coefficient (Wildman–Crippen LogP) is 2.41. The van der Waals surface area contributed by atoms with E-state index in [4.69, 9.17) is 9.47 Å². The van der Waals surface area contributed by atoms with Crippen molar-refractivity contribution in [2.24, 2.45) is 11.8 Å². The van der Waals surface area contributed by atoms with Gasteiger partial charge in [-0.1, -0.05) is 11.8 Å². The van der Waals surface area contributed by atoms with Gasteiger partial charge in [-0.05, 0) is 56.1 Å². The number of methoxy groups -OCH3 is 1. The summed E-state index contributed by atoms with van der Waals surface area (Å²) in [6.45, 7) is 4.91. The summed E-state index contributed by atoms with van der Waals surface area (Å²) < 4.78 is 10.5. The highest BCUT2D eigenvalue weighted by Crippen LogP contribution is 2.31. The summed E-state index contributed by atoms with van der Waals surface area (Å²) in [5.41, 5.74) is 1.07. The van der Waals surface area contributed by atoms with Crippen molar-refractivity contribution in [1.82, 2.24) is 4.90 Å². The maximum Gasteiger partial charge on any atom is 0.119 e. The first-order valence-electron chi connectivity index (χ1n) is 7.81. The summed E-state index contributed by atoms with van der Waals surface area (Å²) >= 11 is 0. The van der Waals surface area contributed by atoms with E-state index in [1.165, 1.54) is 25.9 Å². The number of fused-ring (bicyclic) bond motifs is 3. The van der Waals surface area contributed by atoms with Gasteiger partial charge in [0.25, 0.3) is 0 Å². The van der Waals surface area contributed by atoms with E-state index in [0.29, 0.717) is 19.1 Å². The molecule has 1 aromatic carbocycles. The molecular weight excluding hydrogens is 262 g/mol. The molecule has 0 N–H and O–H groups in total. The van der Waals surface area contributed by atoms with E-state index in [9.17, 15) is 0 Å². The Morgan fingerprint density at radius 1 is 1.14 bits per heavy atom. The second-order valence-electron chi connectivity index (χ2n) is 5.88. The second kappa shape index (κ2) is 6.98. The van der Waals surface area contributed by atoms with Crippen molar-refractivity contribution in [3.63, 3.8) is 0 Å². The molecule has 3 nitrogen and oxygen atoms in total. The smallest absolute Gasteiger partial charge is 0.119 e. The fourth-order valence-electron chi connectivity index (χ4n) is 3.18. The van der Waals surface area contributed by atoms with E-state index in [1.807, 2.05) is 24.3 Å². The average molecular weight is 285 g/mol. The third kappa shape index (κ3) is 3.78. The highest BCUT2D eigenvalue weighted by molar-refractivity contribution is 5.38. The number of piperidine rings is 3. The van der Waals surface area contributed by atoms with Gasteiger partial charge in [-0.25, -0.2) is 0 Å². The number of ether oxygens (including phenoxy) is 2. The number of benzene rings is 1. The minimum absolute atomic E-state index is 0.560. The maximum absolute atomic E-state index is 5.56. The lowest BCUT2D eigenvalue weighted by molar-refractivity contribution is 0.0778. The van der Waals surface area contributed by atoms with Crippen LogP contribution in [0.5, 0.6) is 5.75 Å². The van der Waals surface area contributed by atoms with E-state index in [1.54, 1.807) is 7.11 Å². The van der Waals surface area contributed by atoms with Crippen LogP contribution in [0.1, 0.15) is 18.4 Å². The summed E-state index contributed by atoms with van der Waals surface area (Å²) in [6, 6.07) is 8.04. The summed E-state index contributed by atoms with van der Waals surface area (Å²) in [7, 11) is 1.68. The van der Waals surface area contributed by atoms with Crippen molar-refractivity contribution < 1.29 is 9.47 Å². The lowest BCUT2D eigenvalue weighted by Crippen LogP contribution is -2.46. The number of hydrogen-bond acceptors (Lipinski definition) is 3. The molecule has 21 heavy (non-hydrogen) atoms. The first kappa shape index (κ1) is 14.4. The number of rotatable bonds is 4. The van der Waals surface area contributed by atoms with Gasteiger partial charge in [-0.15, -0.1) is 0 Å². The van der Waals surface area contributed by atoms with Gasteiger partial charge >= 0.3 is 0 Å². The van der Waals surface area contributed by atoms with Crippen LogP contribution < -0.4 is 4.74 Å². The van der Waals surface area contributed by atoms with E-state index in [-0.39, 0.29) is 0 Å². The second-order valence-corrected chi connectivity index (χ2v) is 5.88. The molecule has 3 aliphatic rings. The van der Waals surface area contributed by atoms with Crippen LogP contribution in [0.3, 0.4) is 0 Å². The van der Waals surface area contributed by atoms with Crippen molar-refractivity contribution >= 4 is 0 Å². The molecule has 0 spiro atoms. The minimum atomic E-state index is 0.560. The zero-order valence-electron chi connectivity index (χ0n) is 12.7. The Morgan fingerprint density at radius 3 is 2.52 bits per heavy atom. The predicted molar refractivity (Wildman–Crippen MR) is 83.3 cm³/mol. The molecule has 3 heterocycles. The molecule has 0 saturated carbocycles. The van der Waals surface area contributed by atoms with Crippen LogP contribution in [-0.2, 0) is 4.74 Å². The molecule has 0 radical (unpaired) electrons. The molecule has 0 amide bonds. The lowest BCUT2D eigenvalue weighted by Gasteiger charge is -2.42. The lowest BCUT2D eigenvalue weighted by atomic mass is 9.79. The zero-order valence-corrected chi connectivity index (χ0v) is 12.7. The van der Waals surface area contributed by atoms with Gasteiger partial charge in [0, 0.05) is 25.1 Å². The quantitative estimate of drug-likeness (QED) is 0.626. The third-order valence-corrected chi connectivity index (χ3v) is 4.47. The normalized spacial score (nSPS) is 27.0. The summed E-state index contributed by atoms with van der Waals surface area (Å²) in [5.74, 6) is 9.08. The Balaban J connectivity index is 1.57. The molecule has 3 aliphatic heterocycles. The summed E-state index contributed by atoms with van der Waals surface area (Å²) in [5, 5.41) is 0. The Labute approximate surface area is 127 Å². The van der Waals surface area contributed by atoms with Crippen molar-refractivity contribution in [1.29, 1.82) is 0 Å². The minimum Gasteiger partial charge on any atom is -0.491 e. The molecular formula is C18H23NO2. The Hall–Kier alpha value is -1.50. The first-order valence-corrected chi connectivity index (χ1v) is 7.81. The topological polar surface area (TPSA) is 21.7 Å². The maximum atomic E-state index is 5.56. The van der Waals surface area contributed by atoms with Crippen LogP contribution in [0.25, 0.3) is 0 Å². The largest absolute Gasteiger partial charge is 0.491 e. The molecule has 3 fully saturated rings. The number of nitrogens with zero attached hydrogens (tertiary/aromatic N) is 1. The fraction of sp³-hybridized carbons (Fsp3) is 0.556. The molecule has 0 aliphatic carbocycles. The molecule has 1 atom stereocenters. The highest BCUT2D eigenvalue weighted by Gasteiger charge is 2.32. The molecule has 4 rings (SSSR count). The monoisotopic (exact) mass is 285 g/mol. The van der Waals surface area contributed by atoms with Gasteiger partial charge in [0.2, 0.25) is 0 Å². The van der Waals surface area contributed by atoms with Gasteiger partial charge < -0.3 is 14.4 Å². The Kier molecular flexibility index (Phi) is 4.80. The number of hydrogen-bond donors (Lipinski definition) is 0. The Morgan fingerprint density at radius 2 is 1.90 bits per heavy atom. The van der Waals surface area contributed by atoms with Crippen molar-refractivity contribution in [2.75, 3.05) is 40.0 Å². The van der Waals surface area contributed by atoms with E-state index >= 15 is 0 Å². The van der Waals surface area contributed by atoms with Gasteiger partial charge in [-0.3, -0.25) is 0 Å². The van der Waals surface area contributed by atoms with Crippen LogP contribution in [0, 0.1) is 23.7 Å². The SMILES string of the molecule is COCCOc1ccc(C#CC2CN3CCC2CC3)cc1. The van der Waals surface area contributed by atoms with Crippen LogP contribution in [0.4, 0.5) is 0 Å². The van der Waals surface area contributed by atoms with Crippen molar-refractivity contribution in [2.45, 2.75) is 12.8 Å². The third-order valence-electron chi connectivity index (χ3n) is 4.47. The summed E-state index contributed by atoms with van der Waals surface area (Å²) in [6.07, 6.45) is 2.65. The van der Waals surface area contributed by atoms with Crippen LogP contribution >= 0.6 is 0 Å². The standard InChI is InChI=1S/C18H23NO2/c1-20-12-13-21-18-6-3-15(4-7-18)2-5-17-14-19-10-8-16(17)9-11-19/h3-4,6-7,16-17H,8-14H2,1H3. The molecule has 3 heteroatoms. The van der Waals surface area contributed by atoms with Crippen molar-refractivity contribution in [3.05, 3.63) is 29.8 Å². The molecule has 1 aromatic rings. The first-order chi connectivity index (χ1) is 10.3. The van der Waals surface area contributed by atoms with E-state index in [0.717, 1.165) is 23.8 Å². The van der Waals surface area contributed by atoms with Gasteiger partial charge in [0.1, 0.15) is 12.4 Å². The van der Waals surface area contributed by atoms with Crippen LogP contribution in [0.15, 0.2) is 24.3 Å². The van der Waals surface area contributed by atoms with E-state index in [2.05, 4.69) is 16.7 Å². The molecule has 3 saturated heterocycles. The van der Waals surface area contributed by atoms with Gasteiger partial charge in [0.15, 0.2) is 0 Å². The molecule has 0 aromatic heterocycles. The van der Waals surface area contributed by atoms with Crippen LogP contribution in [0.2, 0.25) is 0 Å². The fourth-order valence-corrected chi connectivity index (χ4v) is 3.18. The van der Waals surface area contributed by atoms with Crippen LogP contribution in [-0.4, -0.2) is 44.9 Å². The molecule has 2 bridgehead atoms. The van der Waals surface area contributed by atoms with Gasteiger partial charge in [0.05, 0.1) is 6.61 Å². The van der Waals surface area contributed by atoms with Gasteiger partial charge in [-0.2, -0.15) is 0 Å². The zero-order chi connectivity index (χ0) is 14.5. The Bertz CT molecular complexity index is 506. The average Bonchev–Trinajstić information content (AvgIpc) is 2.55. The van der Waals surface area contributed by atoms with Crippen molar-refractivity contribution in [3.8, 4) is 17.6 Å². The molecule has 112 valence electrons. The molecule has 1 unspecified atom stereocenters.